The van der Waals surface area contributed by atoms with Gasteiger partial charge in [0.25, 0.3) is 5.91 Å². The van der Waals surface area contributed by atoms with Crippen LogP contribution in [0, 0.1) is 11.3 Å². The first-order chi connectivity index (χ1) is 14.8. The molecule has 1 amide bonds. The third-order valence-electron chi connectivity index (χ3n) is 3.99. The van der Waals surface area contributed by atoms with E-state index in [4.69, 9.17) is 27.4 Å². The standard InChI is InChI=1S/C22H14Cl2N2O4S/c23-19-7-4-8-20(21(19)24)26-22(27)16(14-25)13-15-9-11-17(12-10-15)30-31(28,29)18-5-2-1-3-6-18/h1-13H,(H,26,27)/b16-13+. The predicted octanol–water partition coefficient (Wildman–Crippen LogP) is 5.31. The third kappa shape index (κ3) is 5.64. The number of rotatable bonds is 6. The summed E-state index contributed by atoms with van der Waals surface area (Å²) in [6, 6.07) is 20.2. The van der Waals surface area contributed by atoms with Crippen molar-refractivity contribution in [1.29, 1.82) is 5.26 Å². The summed E-state index contributed by atoms with van der Waals surface area (Å²) < 4.78 is 29.7. The number of benzene rings is 3. The van der Waals surface area contributed by atoms with Gasteiger partial charge in [0.2, 0.25) is 0 Å². The maximum absolute atomic E-state index is 12.4. The normalized spacial score (nSPS) is 11.5. The van der Waals surface area contributed by atoms with E-state index in [0.29, 0.717) is 5.56 Å². The Morgan fingerprint density at radius 1 is 0.968 bits per heavy atom. The van der Waals surface area contributed by atoms with Gasteiger partial charge in [0, 0.05) is 0 Å². The van der Waals surface area contributed by atoms with Gasteiger partial charge in [0.1, 0.15) is 22.3 Å². The van der Waals surface area contributed by atoms with Crippen molar-refractivity contribution in [2.24, 2.45) is 0 Å². The largest absolute Gasteiger partial charge is 0.379 e. The topological polar surface area (TPSA) is 96.3 Å². The quantitative estimate of drug-likeness (QED) is 0.298. The molecule has 0 heterocycles. The van der Waals surface area contributed by atoms with Crippen LogP contribution in [0.4, 0.5) is 5.69 Å². The van der Waals surface area contributed by atoms with E-state index in [1.54, 1.807) is 36.4 Å². The summed E-state index contributed by atoms with van der Waals surface area (Å²) in [5, 5.41) is 12.3. The molecule has 0 fully saturated rings. The van der Waals surface area contributed by atoms with E-state index < -0.39 is 16.0 Å². The molecule has 0 saturated carbocycles. The van der Waals surface area contributed by atoms with Gasteiger partial charge >= 0.3 is 10.1 Å². The number of hydrogen-bond donors (Lipinski definition) is 1. The van der Waals surface area contributed by atoms with E-state index in [-0.39, 0.29) is 32.0 Å². The molecule has 0 unspecified atom stereocenters. The second-order valence-corrected chi connectivity index (χ2v) is 8.48. The number of hydrogen-bond acceptors (Lipinski definition) is 5. The van der Waals surface area contributed by atoms with Gasteiger partial charge in [0.15, 0.2) is 0 Å². The summed E-state index contributed by atoms with van der Waals surface area (Å²) >= 11 is 12.0. The molecule has 0 aromatic heterocycles. The Morgan fingerprint density at radius 2 is 1.65 bits per heavy atom. The molecule has 31 heavy (non-hydrogen) atoms. The molecule has 0 aliphatic rings. The zero-order valence-electron chi connectivity index (χ0n) is 15.7. The fourth-order valence-electron chi connectivity index (χ4n) is 2.49. The highest BCUT2D eigenvalue weighted by Crippen LogP contribution is 2.30. The minimum absolute atomic E-state index is 0.0297. The van der Waals surface area contributed by atoms with Crippen molar-refractivity contribution in [3.63, 3.8) is 0 Å². The zero-order chi connectivity index (χ0) is 22.4. The second kappa shape index (κ2) is 9.67. The minimum Gasteiger partial charge on any atom is -0.379 e. The molecule has 0 aliphatic carbocycles. The van der Waals surface area contributed by atoms with E-state index >= 15 is 0 Å². The molecule has 3 aromatic rings. The molecule has 3 aromatic carbocycles. The van der Waals surface area contributed by atoms with Gasteiger partial charge in [-0.1, -0.05) is 59.6 Å². The Kier molecular flexibility index (Phi) is 6.98. The van der Waals surface area contributed by atoms with Gasteiger partial charge in [-0.2, -0.15) is 13.7 Å². The molecule has 156 valence electrons. The maximum Gasteiger partial charge on any atom is 0.339 e. The van der Waals surface area contributed by atoms with Crippen LogP contribution in [0.5, 0.6) is 5.75 Å². The van der Waals surface area contributed by atoms with E-state index in [0.717, 1.165) is 0 Å². The van der Waals surface area contributed by atoms with Gasteiger partial charge in [-0.05, 0) is 48.0 Å². The number of anilines is 1. The number of nitrogens with zero attached hydrogens (tertiary/aromatic N) is 1. The second-order valence-electron chi connectivity index (χ2n) is 6.14. The van der Waals surface area contributed by atoms with Gasteiger partial charge in [-0.25, -0.2) is 0 Å². The molecule has 0 radical (unpaired) electrons. The fraction of sp³-hybridized carbons (Fsp3) is 0. The van der Waals surface area contributed by atoms with E-state index in [1.165, 1.54) is 42.5 Å². The first-order valence-electron chi connectivity index (χ1n) is 8.77. The smallest absolute Gasteiger partial charge is 0.339 e. The summed E-state index contributed by atoms with van der Waals surface area (Å²) in [4.78, 5) is 12.4. The van der Waals surface area contributed by atoms with Gasteiger partial charge in [0.05, 0.1) is 15.7 Å². The van der Waals surface area contributed by atoms with Crippen LogP contribution < -0.4 is 9.50 Å². The summed E-state index contributed by atoms with van der Waals surface area (Å²) in [5.41, 5.74) is 0.588. The number of amides is 1. The van der Waals surface area contributed by atoms with Crippen LogP contribution in [0.3, 0.4) is 0 Å². The van der Waals surface area contributed by atoms with Crippen molar-refractivity contribution in [3.8, 4) is 11.8 Å². The van der Waals surface area contributed by atoms with Crippen molar-refractivity contribution < 1.29 is 17.4 Å². The summed E-state index contributed by atoms with van der Waals surface area (Å²) in [6.45, 7) is 0. The average Bonchev–Trinajstić information content (AvgIpc) is 2.76. The van der Waals surface area contributed by atoms with Gasteiger partial charge in [-0.15, -0.1) is 0 Å². The van der Waals surface area contributed by atoms with Crippen molar-refractivity contribution in [2.75, 3.05) is 5.32 Å². The van der Waals surface area contributed by atoms with Crippen LogP contribution in [0.15, 0.2) is 83.3 Å². The zero-order valence-corrected chi connectivity index (χ0v) is 18.1. The lowest BCUT2D eigenvalue weighted by molar-refractivity contribution is -0.112. The summed E-state index contributed by atoms with van der Waals surface area (Å²) in [6.07, 6.45) is 1.35. The van der Waals surface area contributed by atoms with Crippen LogP contribution in [0.25, 0.3) is 6.08 Å². The van der Waals surface area contributed by atoms with E-state index in [9.17, 15) is 18.5 Å². The first-order valence-corrected chi connectivity index (χ1v) is 10.9. The van der Waals surface area contributed by atoms with Crippen LogP contribution in [0.2, 0.25) is 10.0 Å². The molecule has 0 aliphatic heterocycles. The lowest BCUT2D eigenvalue weighted by Crippen LogP contribution is -2.13. The maximum atomic E-state index is 12.4. The SMILES string of the molecule is N#C/C(=C\c1ccc(OS(=O)(=O)c2ccccc2)cc1)C(=O)Nc1cccc(Cl)c1Cl. The Labute approximate surface area is 189 Å². The summed E-state index contributed by atoms with van der Waals surface area (Å²) in [7, 11) is -3.96. The van der Waals surface area contributed by atoms with Gasteiger partial charge < -0.3 is 9.50 Å². The average molecular weight is 473 g/mol. The molecule has 0 spiro atoms. The Bertz CT molecular complexity index is 1280. The third-order valence-corrected chi connectivity index (χ3v) is 6.07. The lowest BCUT2D eigenvalue weighted by Gasteiger charge is -2.08. The molecule has 9 heteroatoms. The molecule has 0 atom stereocenters. The number of nitriles is 1. The molecular formula is C22H14Cl2N2O4S. The lowest BCUT2D eigenvalue weighted by atomic mass is 10.1. The Hall–Kier alpha value is -3.31. The van der Waals surface area contributed by atoms with E-state index in [1.807, 2.05) is 6.07 Å². The Morgan fingerprint density at radius 3 is 2.29 bits per heavy atom. The van der Waals surface area contributed by atoms with Crippen molar-refractivity contribution in [3.05, 3.63) is 94.0 Å². The van der Waals surface area contributed by atoms with Crippen LogP contribution in [0.1, 0.15) is 5.56 Å². The number of halogens is 2. The predicted molar refractivity (Wildman–Crippen MR) is 119 cm³/mol. The number of nitrogens with one attached hydrogen (secondary N) is 1. The van der Waals surface area contributed by atoms with Crippen molar-refractivity contribution in [1.82, 2.24) is 0 Å². The highest BCUT2D eigenvalue weighted by molar-refractivity contribution is 7.87. The molecule has 6 nitrogen and oxygen atoms in total. The summed E-state index contributed by atoms with van der Waals surface area (Å²) in [5.74, 6) is -0.576. The minimum atomic E-state index is -3.96. The number of carbonyl (C=O) groups is 1. The molecule has 0 bridgehead atoms. The Balaban J connectivity index is 1.75. The van der Waals surface area contributed by atoms with E-state index in [2.05, 4.69) is 5.32 Å². The molecule has 1 N–H and O–H groups in total. The fourth-order valence-corrected chi connectivity index (χ4v) is 3.79. The highest BCUT2D eigenvalue weighted by Gasteiger charge is 2.16. The van der Waals surface area contributed by atoms with Crippen LogP contribution in [-0.2, 0) is 14.9 Å². The molecular weight excluding hydrogens is 459 g/mol. The van der Waals surface area contributed by atoms with Crippen molar-refractivity contribution >= 4 is 51.0 Å². The highest BCUT2D eigenvalue weighted by atomic mass is 35.5. The van der Waals surface area contributed by atoms with Crippen LogP contribution >= 0.6 is 23.2 Å². The monoisotopic (exact) mass is 472 g/mol. The molecule has 3 rings (SSSR count). The van der Waals surface area contributed by atoms with Gasteiger partial charge in [-0.3, -0.25) is 4.79 Å². The number of carbonyl (C=O) groups excluding carboxylic acids is 1. The van der Waals surface area contributed by atoms with Crippen molar-refractivity contribution in [2.45, 2.75) is 4.90 Å². The molecule has 0 saturated heterocycles. The van der Waals surface area contributed by atoms with Crippen LogP contribution in [-0.4, -0.2) is 14.3 Å². The first kappa shape index (κ1) is 22.4.